The molecular formula is C12H13N5O5. The number of methoxy groups -OCH3 is 1. The summed E-state index contributed by atoms with van der Waals surface area (Å²) >= 11 is 0. The standard InChI is InChI=1S/C12H13N5O5/c1-3-16-7-8(6-13-14-12(18)21-2)11(15-16)9-4-5-10(22-9)17(19)20/h4-7H,3H2,1-2H3,(H,14,18)/b13-6+. The zero-order chi connectivity index (χ0) is 16.1. The van der Waals surface area contributed by atoms with Gasteiger partial charge in [-0.2, -0.15) is 10.2 Å². The van der Waals surface area contributed by atoms with Crippen LogP contribution in [0, 0.1) is 10.1 Å². The SMILES string of the molecule is CCn1cc(/C=N/NC(=O)OC)c(-c2ccc([N+](=O)[O-])o2)n1. The summed E-state index contributed by atoms with van der Waals surface area (Å²) in [6, 6.07) is 2.69. The quantitative estimate of drug-likeness (QED) is 0.509. The second-order valence-corrected chi connectivity index (χ2v) is 4.05. The van der Waals surface area contributed by atoms with Crippen molar-refractivity contribution in [2.75, 3.05) is 7.11 Å². The lowest BCUT2D eigenvalue weighted by molar-refractivity contribution is -0.401. The van der Waals surface area contributed by atoms with Gasteiger partial charge in [-0.25, -0.2) is 10.2 Å². The predicted octanol–water partition coefficient (Wildman–Crippen LogP) is 1.76. The molecule has 10 heteroatoms. The Morgan fingerprint density at radius 2 is 2.41 bits per heavy atom. The summed E-state index contributed by atoms with van der Waals surface area (Å²) in [4.78, 5) is 21.0. The molecular weight excluding hydrogens is 294 g/mol. The summed E-state index contributed by atoms with van der Waals surface area (Å²) in [5.74, 6) is -0.143. The third-order valence-electron chi connectivity index (χ3n) is 2.66. The van der Waals surface area contributed by atoms with E-state index in [4.69, 9.17) is 4.42 Å². The molecule has 116 valence electrons. The molecule has 2 aromatic heterocycles. The molecule has 2 heterocycles. The number of aromatic nitrogens is 2. The fraction of sp³-hybridized carbons (Fsp3) is 0.250. The maximum absolute atomic E-state index is 10.9. The van der Waals surface area contributed by atoms with E-state index in [2.05, 4.69) is 20.4 Å². The number of nitrogens with zero attached hydrogens (tertiary/aromatic N) is 4. The van der Waals surface area contributed by atoms with E-state index < -0.39 is 11.0 Å². The highest BCUT2D eigenvalue weighted by Crippen LogP contribution is 2.26. The topological polar surface area (TPSA) is 125 Å². The van der Waals surface area contributed by atoms with E-state index >= 15 is 0 Å². The Labute approximate surface area is 124 Å². The molecule has 10 nitrogen and oxygen atoms in total. The van der Waals surface area contributed by atoms with E-state index in [1.54, 1.807) is 10.9 Å². The Morgan fingerprint density at radius 1 is 1.64 bits per heavy atom. The molecule has 2 rings (SSSR count). The fourth-order valence-electron chi connectivity index (χ4n) is 1.64. The lowest BCUT2D eigenvalue weighted by Crippen LogP contribution is -2.16. The first-order valence-electron chi connectivity index (χ1n) is 6.24. The molecule has 0 atom stereocenters. The number of furan rings is 1. The van der Waals surface area contributed by atoms with Crippen LogP contribution >= 0.6 is 0 Å². The van der Waals surface area contributed by atoms with Crippen LogP contribution in [0.4, 0.5) is 10.7 Å². The van der Waals surface area contributed by atoms with Gasteiger partial charge < -0.3 is 9.15 Å². The molecule has 1 amide bonds. The molecule has 0 bridgehead atoms. The first kappa shape index (κ1) is 15.2. The van der Waals surface area contributed by atoms with Crippen LogP contribution in [0.25, 0.3) is 11.5 Å². The minimum Gasteiger partial charge on any atom is -0.452 e. The first-order chi connectivity index (χ1) is 10.5. The average molecular weight is 307 g/mol. The Hall–Kier alpha value is -3.17. The van der Waals surface area contributed by atoms with E-state index in [-0.39, 0.29) is 11.6 Å². The molecule has 0 aliphatic carbocycles. The second kappa shape index (κ2) is 6.52. The fourth-order valence-corrected chi connectivity index (χ4v) is 1.64. The molecule has 0 aliphatic rings. The van der Waals surface area contributed by atoms with Crippen LogP contribution < -0.4 is 5.43 Å². The molecule has 0 saturated heterocycles. The van der Waals surface area contributed by atoms with E-state index in [1.165, 1.54) is 25.5 Å². The number of aryl methyl sites for hydroxylation is 1. The highest BCUT2D eigenvalue weighted by Gasteiger charge is 2.18. The van der Waals surface area contributed by atoms with Gasteiger partial charge in [-0.1, -0.05) is 0 Å². The van der Waals surface area contributed by atoms with Crippen LogP contribution in [-0.4, -0.2) is 34.1 Å². The number of carbonyl (C=O) groups excluding carboxylic acids is 1. The van der Waals surface area contributed by atoms with Crippen molar-refractivity contribution in [3.05, 3.63) is 34.0 Å². The molecule has 0 spiro atoms. The number of ether oxygens (including phenoxy) is 1. The highest BCUT2D eigenvalue weighted by molar-refractivity contribution is 5.88. The number of amides is 1. The van der Waals surface area contributed by atoms with Crippen molar-refractivity contribution in [1.82, 2.24) is 15.2 Å². The Balaban J connectivity index is 2.31. The Bertz CT molecular complexity index is 717. The maximum Gasteiger partial charge on any atom is 0.433 e. The van der Waals surface area contributed by atoms with Gasteiger partial charge in [0.2, 0.25) is 0 Å². The molecule has 1 N–H and O–H groups in total. The molecule has 0 unspecified atom stereocenters. The monoisotopic (exact) mass is 307 g/mol. The number of hydrogen-bond donors (Lipinski definition) is 1. The van der Waals surface area contributed by atoms with Gasteiger partial charge >= 0.3 is 12.0 Å². The maximum atomic E-state index is 10.9. The number of hydrazone groups is 1. The van der Waals surface area contributed by atoms with Crippen molar-refractivity contribution < 1.29 is 18.9 Å². The normalized spacial score (nSPS) is 10.8. The van der Waals surface area contributed by atoms with Crippen LogP contribution in [0.5, 0.6) is 0 Å². The third-order valence-corrected chi connectivity index (χ3v) is 2.66. The van der Waals surface area contributed by atoms with Gasteiger partial charge in [0.1, 0.15) is 10.6 Å². The lowest BCUT2D eigenvalue weighted by atomic mass is 10.2. The Morgan fingerprint density at radius 3 is 3.00 bits per heavy atom. The third kappa shape index (κ3) is 3.29. The van der Waals surface area contributed by atoms with Crippen LogP contribution in [0.15, 0.2) is 27.8 Å². The Kier molecular flexibility index (Phi) is 4.51. The number of nitrogens with one attached hydrogen (secondary N) is 1. The second-order valence-electron chi connectivity index (χ2n) is 4.05. The van der Waals surface area contributed by atoms with Gasteiger partial charge in [-0.15, -0.1) is 0 Å². The van der Waals surface area contributed by atoms with Crippen molar-refractivity contribution in [2.24, 2.45) is 5.10 Å². The van der Waals surface area contributed by atoms with Gasteiger partial charge in [-0.3, -0.25) is 14.8 Å². The minimum atomic E-state index is -0.714. The van der Waals surface area contributed by atoms with E-state index in [1.807, 2.05) is 6.92 Å². The number of rotatable bonds is 5. The predicted molar refractivity (Wildman–Crippen MR) is 75.4 cm³/mol. The average Bonchev–Trinajstić information content (AvgIpc) is 3.13. The summed E-state index contributed by atoms with van der Waals surface area (Å²) in [6.45, 7) is 2.48. The smallest absolute Gasteiger partial charge is 0.433 e. The number of hydrogen-bond acceptors (Lipinski definition) is 7. The summed E-state index contributed by atoms with van der Waals surface area (Å²) in [5.41, 5.74) is 3.05. The van der Waals surface area contributed by atoms with Crippen molar-refractivity contribution in [3.63, 3.8) is 0 Å². The van der Waals surface area contributed by atoms with Crippen molar-refractivity contribution in [3.8, 4) is 11.5 Å². The van der Waals surface area contributed by atoms with Gasteiger partial charge in [0, 0.05) is 18.3 Å². The largest absolute Gasteiger partial charge is 0.452 e. The first-order valence-corrected chi connectivity index (χ1v) is 6.24. The molecule has 0 radical (unpaired) electrons. The lowest BCUT2D eigenvalue weighted by Gasteiger charge is -1.95. The molecule has 0 aromatic carbocycles. The van der Waals surface area contributed by atoms with Crippen LogP contribution in [0.2, 0.25) is 0 Å². The van der Waals surface area contributed by atoms with Crippen LogP contribution in [0.3, 0.4) is 0 Å². The van der Waals surface area contributed by atoms with Crippen molar-refractivity contribution in [1.29, 1.82) is 0 Å². The van der Waals surface area contributed by atoms with Gasteiger partial charge in [0.25, 0.3) is 0 Å². The summed E-state index contributed by atoms with van der Waals surface area (Å²) in [6.07, 6.45) is 2.31. The minimum absolute atomic E-state index is 0.235. The van der Waals surface area contributed by atoms with Crippen molar-refractivity contribution >= 4 is 18.2 Å². The van der Waals surface area contributed by atoms with Crippen molar-refractivity contribution in [2.45, 2.75) is 13.5 Å². The zero-order valence-corrected chi connectivity index (χ0v) is 11.8. The number of nitro groups is 1. The molecule has 0 saturated carbocycles. The molecule has 2 aromatic rings. The highest BCUT2D eigenvalue weighted by atomic mass is 16.6. The van der Waals surface area contributed by atoms with E-state index in [0.29, 0.717) is 17.8 Å². The molecule has 0 fully saturated rings. The number of carbonyl (C=O) groups is 1. The summed E-state index contributed by atoms with van der Waals surface area (Å²) < 4.78 is 11.1. The zero-order valence-electron chi connectivity index (χ0n) is 11.8. The molecule has 0 aliphatic heterocycles. The molecule has 22 heavy (non-hydrogen) atoms. The summed E-state index contributed by atoms with van der Waals surface area (Å²) in [5, 5.41) is 18.6. The van der Waals surface area contributed by atoms with E-state index in [0.717, 1.165) is 0 Å². The van der Waals surface area contributed by atoms with Gasteiger partial charge in [0.15, 0.2) is 5.76 Å². The van der Waals surface area contributed by atoms with Crippen LogP contribution in [-0.2, 0) is 11.3 Å². The van der Waals surface area contributed by atoms with Gasteiger partial charge in [-0.05, 0) is 13.0 Å². The van der Waals surface area contributed by atoms with Crippen LogP contribution in [0.1, 0.15) is 12.5 Å². The summed E-state index contributed by atoms with van der Waals surface area (Å²) in [7, 11) is 1.22. The van der Waals surface area contributed by atoms with Gasteiger partial charge in [0.05, 0.1) is 19.4 Å². The van der Waals surface area contributed by atoms with E-state index in [9.17, 15) is 14.9 Å².